The normalized spacial score (nSPS) is 10.8. The first-order valence-electron chi connectivity index (χ1n) is 9.66. The number of anilines is 1. The van der Waals surface area contributed by atoms with Gasteiger partial charge in [-0.2, -0.15) is 4.98 Å². The predicted molar refractivity (Wildman–Crippen MR) is 115 cm³/mol. The van der Waals surface area contributed by atoms with Gasteiger partial charge >= 0.3 is 0 Å². The minimum Gasteiger partial charge on any atom is -0.485 e. The first-order valence-corrected chi connectivity index (χ1v) is 9.66. The molecule has 1 N–H and O–H groups in total. The molecule has 0 aliphatic heterocycles. The van der Waals surface area contributed by atoms with E-state index in [1.165, 1.54) is 0 Å². The average Bonchev–Trinajstić information content (AvgIpc) is 3.46. The number of rotatable bonds is 6. The number of benzene rings is 3. The van der Waals surface area contributed by atoms with E-state index in [2.05, 4.69) is 15.5 Å². The summed E-state index contributed by atoms with van der Waals surface area (Å²) in [5, 5.41) is 7.70. The molecule has 0 atom stereocenters. The quantitative estimate of drug-likeness (QED) is 0.407. The number of fused-ring (bicyclic) bond motifs is 1. The van der Waals surface area contributed by atoms with Crippen molar-refractivity contribution in [2.75, 3.05) is 5.32 Å². The lowest BCUT2D eigenvalue weighted by Gasteiger charge is -2.06. The molecule has 7 heteroatoms. The largest absolute Gasteiger partial charge is 0.485 e. The van der Waals surface area contributed by atoms with E-state index in [1.54, 1.807) is 18.2 Å². The van der Waals surface area contributed by atoms with E-state index in [9.17, 15) is 4.79 Å². The molecule has 0 aliphatic rings. The van der Waals surface area contributed by atoms with Gasteiger partial charge in [-0.05, 0) is 36.4 Å². The summed E-state index contributed by atoms with van der Waals surface area (Å²) >= 11 is 0. The molecule has 3 aromatic carbocycles. The summed E-state index contributed by atoms with van der Waals surface area (Å²) < 4.78 is 16.7. The van der Waals surface area contributed by atoms with Crippen LogP contribution in [0.25, 0.3) is 22.4 Å². The van der Waals surface area contributed by atoms with Crippen molar-refractivity contribution in [3.8, 4) is 17.2 Å². The molecule has 0 aliphatic carbocycles. The Hall–Kier alpha value is -4.39. The summed E-state index contributed by atoms with van der Waals surface area (Å²) in [6.07, 6.45) is 0. The van der Waals surface area contributed by atoms with Crippen LogP contribution in [0.2, 0.25) is 0 Å². The molecule has 0 radical (unpaired) electrons. The minimum atomic E-state index is -0.365. The van der Waals surface area contributed by atoms with Crippen LogP contribution in [0.4, 0.5) is 5.69 Å². The zero-order valence-electron chi connectivity index (χ0n) is 16.3. The summed E-state index contributed by atoms with van der Waals surface area (Å²) in [6, 6.07) is 25.8. The van der Waals surface area contributed by atoms with Gasteiger partial charge in [0.1, 0.15) is 11.3 Å². The minimum absolute atomic E-state index is 0.168. The Kier molecular flexibility index (Phi) is 4.90. The molecule has 0 bridgehead atoms. The number of carbonyl (C=O) groups excluding carboxylic acids is 1. The number of ether oxygens (including phenoxy) is 1. The molecule has 0 spiro atoms. The van der Waals surface area contributed by atoms with Gasteiger partial charge < -0.3 is 19.0 Å². The van der Waals surface area contributed by atoms with Crippen molar-refractivity contribution in [2.45, 2.75) is 6.61 Å². The van der Waals surface area contributed by atoms with Crippen molar-refractivity contribution < 1.29 is 18.5 Å². The lowest BCUT2D eigenvalue weighted by Crippen LogP contribution is -2.11. The number of hydrogen-bond acceptors (Lipinski definition) is 6. The Morgan fingerprint density at radius 2 is 1.71 bits per heavy atom. The molecule has 0 saturated heterocycles. The second kappa shape index (κ2) is 8.16. The topological polar surface area (TPSA) is 90.4 Å². The van der Waals surface area contributed by atoms with E-state index in [0.29, 0.717) is 28.4 Å². The van der Waals surface area contributed by atoms with Crippen LogP contribution in [-0.4, -0.2) is 16.0 Å². The smallest absolute Gasteiger partial charge is 0.291 e. The molecule has 0 saturated carbocycles. The highest BCUT2D eigenvalue weighted by Gasteiger charge is 2.17. The van der Waals surface area contributed by atoms with E-state index in [-0.39, 0.29) is 24.2 Å². The molecule has 5 aromatic rings. The number of nitrogens with zero attached hydrogens (tertiary/aromatic N) is 2. The first-order chi connectivity index (χ1) is 15.3. The lowest BCUT2D eigenvalue weighted by atomic mass is 10.1. The van der Waals surface area contributed by atoms with E-state index in [4.69, 9.17) is 13.7 Å². The van der Waals surface area contributed by atoms with Crippen LogP contribution in [0.1, 0.15) is 16.4 Å². The Morgan fingerprint density at radius 1 is 0.935 bits per heavy atom. The summed E-state index contributed by atoms with van der Waals surface area (Å²) in [4.78, 5) is 17.1. The van der Waals surface area contributed by atoms with Crippen molar-refractivity contribution in [3.63, 3.8) is 0 Å². The van der Waals surface area contributed by atoms with Crippen molar-refractivity contribution in [1.29, 1.82) is 0 Å². The van der Waals surface area contributed by atoms with E-state index >= 15 is 0 Å². The zero-order chi connectivity index (χ0) is 21.0. The van der Waals surface area contributed by atoms with Crippen molar-refractivity contribution >= 4 is 22.6 Å². The second-order valence-electron chi connectivity index (χ2n) is 6.77. The maximum Gasteiger partial charge on any atom is 0.291 e. The fourth-order valence-corrected chi connectivity index (χ4v) is 3.14. The van der Waals surface area contributed by atoms with Crippen molar-refractivity contribution in [3.05, 3.63) is 96.5 Å². The van der Waals surface area contributed by atoms with E-state index < -0.39 is 0 Å². The summed E-state index contributed by atoms with van der Waals surface area (Å²) in [5.74, 6) is 1.26. The van der Waals surface area contributed by atoms with Gasteiger partial charge in [0.15, 0.2) is 12.4 Å². The molecule has 7 nitrogen and oxygen atoms in total. The third-order valence-corrected chi connectivity index (χ3v) is 4.63. The third kappa shape index (κ3) is 4.02. The van der Waals surface area contributed by atoms with Gasteiger partial charge in [0.05, 0.1) is 11.3 Å². The molecule has 5 rings (SSSR count). The van der Waals surface area contributed by atoms with Crippen LogP contribution in [0.5, 0.6) is 5.75 Å². The molecule has 0 fully saturated rings. The number of carbonyl (C=O) groups is 1. The average molecular weight is 411 g/mol. The highest BCUT2D eigenvalue weighted by Crippen LogP contribution is 2.28. The SMILES string of the molecule is O=C(Nc1ccccc1-c1nc(COc2ccccc2)no1)c1cc2ccccc2o1. The number of hydrogen-bond donors (Lipinski definition) is 1. The van der Waals surface area contributed by atoms with Crippen LogP contribution in [-0.2, 0) is 6.61 Å². The number of aromatic nitrogens is 2. The molecule has 1 amide bonds. The Bertz CT molecular complexity index is 1310. The molecular formula is C24H17N3O4. The van der Waals surface area contributed by atoms with Crippen molar-refractivity contribution in [1.82, 2.24) is 10.1 Å². The van der Waals surface area contributed by atoms with Gasteiger partial charge in [0, 0.05) is 5.39 Å². The van der Waals surface area contributed by atoms with E-state index in [0.717, 1.165) is 5.39 Å². The van der Waals surface area contributed by atoms with Crippen LogP contribution in [0.15, 0.2) is 93.9 Å². The maximum atomic E-state index is 12.7. The van der Waals surface area contributed by atoms with Gasteiger partial charge in [-0.25, -0.2) is 0 Å². The van der Waals surface area contributed by atoms with Gasteiger partial charge in [0.2, 0.25) is 5.82 Å². The fourth-order valence-electron chi connectivity index (χ4n) is 3.14. The Balaban J connectivity index is 1.34. The second-order valence-corrected chi connectivity index (χ2v) is 6.77. The van der Waals surface area contributed by atoms with Gasteiger partial charge in [-0.1, -0.05) is 53.7 Å². The molecule has 2 heterocycles. The monoisotopic (exact) mass is 411 g/mol. The number of nitrogens with one attached hydrogen (secondary N) is 1. The van der Waals surface area contributed by atoms with Crippen LogP contribution in [0.3, 0.4) is 0 Å². The number of amides is 1. The summed E-state index contributed by atoms with van der Waals surface area (Å²) in [6.45, 7) is 0.168. The molecule has 0 unspecified atom stereocenters. The van der Waals surface area contributed by atoms with Gasteiger partial charge in [-0.3, -0.25) is 4.79 Å². The molecule has 152 valence electrons. The highest BCUT2D eigenvalue weighted by molar-refractivity contribution is 6.06. The maximum absolute atomic E-state index is 12.7. The highest BCUT2D eigenvalue weighted by atomic mass is 16.5. The Labute approximate surface area is 177 Å². The Morgan fingerprint density at radius 3 is 2.58 bits per heavy atom. The zero-order valence-corrected chi connectivity index (χ0v) is 16.3. The van der Waals surface area contributed by atoms with Crippen LogP contribution >= 0.6 is 0 Å². The van der Waals surface area contributed by atoms with E-state index in [1.807, 2.05) is 66.7 Å². The number of para-hydroxylation sites is 3. The molecule has 2 aromatic heterocycles. The van der Waals surface area contributed by atoms with Crippen LogP contribution in [0, 0.1) is 0 Å². The fraction of sp³-hybridized carbons (Fsp3) is 0.0417. The first kappa shape index (κ1) is 18.6. The predicted octanol–water partition coefficient (Wildman–Crippen LogP) is 5.31. The summed E-state index contributed by atoms with van der Waals surface area (Å²) in [7, 11) is 0. The molecule has 31 heavy (non-hydrogen) atoms. The number of furan rings is 1. The standard InChI is InChI=1S/C24H17N3O4/c28-23(21-14-16-8-4-7-13-20(16)30-21)25-19-12-6-5-11-18(19)24-26-22(27-31-24)15-29-17-9-2-1-3-10-17/h1-14H,15H2,(H,25,28). The molecular weight excluding hydrogens is 394 g/mol. The van der Waals surface area contributed by atoms with Crippen LogP contribution < -0.4 is 10.1 Å². The third-order valence-electron chi connectivity index (χ3n) is 4.63. The summed E-state index contributed by atoms with van der Waals surface area (Å²) in [5.41, 5.74) is 1.79. The van der Waals surface area contributed by atoms with Gasteiger partial charge in [-0.15, -0.1) is 0 Å². The van der Waals surface area contributed by atoms with Crippen molar-refractivity contribution in [2.24, 2.45) is 0 Å². The lowest BCUT2D eigenvalue weighted by molar-refractivity contribution is 0.0998. The van der Waals surface area contributed by atoms with Gasteiger partial charge in [0.25, 0.3) is 11.8 Å².